The van der Waals surface area contributed by atoms with Crippen molar-refractivity contribution in [2.45, 2.75) is 12.8 Å². The molecule has 0 saturated heterocycles. The van der Waals surface area contributed by atoms with Crippen molar-refractivity contribution in [3.8, 4) is 22.3 Å². The topological polar surface area (TPSA) is 13.1 Å². The van der Waals surface area contributed by atoms with Gasteiger partial charge >= 0.3 is 0 Å². The number of hydrogen-bond acceptors (Lipinski definition) is 2. The molecule has 2 heterocycles. The van der Waals surface area contributed by atoms with Crippen molar-refractivity contribution in [1.82, 2.24) is 0 Å². The van der Waals surface area contributed by atoms with Crippen LogP contribution in [-0.4, -0.2) is 0 Å². The van der Waals surface area contributed by atoms with Crippen LogP contribution in [0.4, 0.5) is 0 Å². The first kappa shape index (κ1) is 30.0. The Morgan fingerprint density at radius 2 is 1.09 bits per heavy atom. The lowest BCUT2D eigenvalue weighted by atomic mass is 9.82. The molecule has 1 aliphatic rings. The summed E-state index contributed by atoms with van der Waals surface area (Å²) in [5.41, 5.74) is 9.55. The fourth-order valence-electron chi connectivity index (χ4n) is 9.41. The van der Waals surface area contributed by atoms with Gasteiger partial charge in [0.1, 0.15) is 11.2 Å². The summed E-state index contributed by atoms with van der Waals surface area (Å²) in [6, 6.07) is 56.1. The zero-order valence-electron chi connectivity index (χ0n) is 29.4. The fraction of sp³-hybridized carbons (Fsp3) is 0.0385. The molecule has 0 N–H and O–H groups in total. The number of thiophene rings is 1. The van der Waals surface area contributed by atoms with E-state index in [9.17, 15) is 0 Å². The predicted molar refractivity (Wildman–Crippen MR) is 234 cm³/mol. The number of rotatable bonds is 3. The summed E-state index contributed by atoms with van der Waals surface area (Å²) < 4.78 is 9.35. The van der Waals surface area contributed by atoms with E-state index in [0.717, 1.165) is 35.0 Å². The normalized spacial score (nSPS) is 13.4. The molecule has 2 aromatic heterocycles. The smallest absolute Gasteiger partial charge is 0.136 e. The van der Waals surface area contributed by atoms with Crippen LogP contribution >= 0.6 is 11.3 Å². The molecule has 1 aliphatic carbocycles. The molecule has 0 radical (unpaired) electrons. The van der Waals surface area contributed by atoms with Crippen LogP contribution in [-0.2, 0) is 0 Å². The monoisotopic (exact) mass is 704 g/mol. The molecule has 2 heteroatoms. The summed E-state index contributed by atoms with van der Waals surface area (Å²) in [7, 11) is 0. The average Bonchev–Trinajstić information content (AvgIpc) is 3.81. The van der Waals surface area contributed by atoms with Gasteiger partial charge in [0.2, 0.25) is 0 Å². The maximum Gasteiger partial charge on any atom is 0.136 e. The first-order valence-corrected chi connectivity index (χ1v) is 19.6. The molecule has 0 fully saturated rings. The highest BCUT2D eigenvalue weighted by Crippen LogP contribution is 2.48. The molecule has 54 heavy (non-hydrogen) atoms. The molecular formula is C52H32OS. The van der Waals surface area contributed by atoms with Crippen molar-refractivity contribution < 1.29 is 4.42 Å². The van der Waals surface area contributed by atoms with Gasteiger partial charge in [-0.2, -0.15) is 0 Å². The standard InChI is InChI=1S/C52H32OS/c1-2-12-31(13-3-1)48-37-16-6-8-18-39(37)50(40-19-9-7-17-38(40)48)41-27-26-34(35-14-4-5-15-36(35)41)33-22-25-42-45(30-33)53-44-28-23-32-24-29-47-52(49(32)51(42)44)43-20-10-11-21-46(43)54-47/h1-2,4-12,14-30H,3,13H2. The van der Waals surface area contributed by atoms with Crippen molar-refractivity contribution in [1.29, 1.82) is 0 Å². The maximum atomic E-state index is 6.72. The van der Waals surface area contributed by atoms with Gasteiger partial charge in [-0.3, -0.25) is 0 Å². The van der Waals surface area contributed by atoms with Crippen molar-refractivity contribution in [2.75, 3.05) is 0 Å². The molecule has 0 aliphatic heterocycles. The van der Waals surface area contributed by atoms with E-state index >= 15 is 0 Å². The van der Waals surface area contributed by atoms with Gasteiger partial charge in [-0.1, -0.05) is 140 Å². The van der Waals surface area contributed by atoms with Gasteiger partial charge in [0.05, 0.1) is 0 Å². The van der Waals surface area contributed by atoms with Gasteiger partial charge < -0.3 is 4.42 Å². The number of furan rings is 1. The average molecular weight is 705 g/mol. The molecule has 12 rings (SSSR count). The van der Waals surface area contributed by atoms with E-state index in [1.54, 1.807) is 0 Å². The number of allylic oxidation sites excluding steroid dienone is 4. The van der Waals surface area contributed by atoms with E-state index in [4.69, 9.17) is 4.42 Å². The minimum atomic E-state index is 0.916. The Labute approximate surface area is 315 Å². The largest absolute Gasteiger partial charge is 0.456 e. The van der Waals surface area contributed by atoms with E-state index in [1.807, 2.05) is 11.3 Å². The van der Waals surface area contributed by atoms with Crippen LogP contribution in [0.5, 0.6) is 0 Å². The van der Waals surface area contributed by atoms with E-state index in [-0.39, 0.29) is 0 Å². The van der Waals surface area contributed by atoms with Gasteiger partial charge in [-0.15, -0.1) is 11.3 Å². The minimum Gasteiger partial charge on any atom is -0.456 e. The van der Waals surface area contributed by atoms with Crippen LogP contribution in [0.1, 0.15) is 18.4 Å². The summed E-state index contributed by atoms with van der Waals surface area (Å²) in [4.78, 5) is 0. The molecule has 1 nitrogen and oxygen atoms in total. The van der Waals surface area contributed by atoms with Crippen molar-refractivity contribution in [2.24, 2.45) is 0 Å². The highest BCUT2D eigenvalue weighted by Gasteiger charge is 2.21. The van der Waals surface area contributed by atoms with Crippen LogP contribution in [0.25, 0.3) is 113 Å². The van der Waals surface area contributed by atoms with Gasteiger partial charge in [0.25, 0.3) is 0 Å². The summed E-state index contributed by atoms with van der Waals surface area (Å²) in [5.74, 6) is 0. The van der Waals surface area contributed by atoms with Gasteiger partial charge in [-0.05, 0) is 114 Å². The molecule has 0 atom stereocenters. The predicted octanol–water partition coefficient (Wildman–Crippen LogP) is 15.6. The molecule has 0 amide bonds. The zero-order valence-corrected chi connectivity index (χ0v) is 30.2. The summed E-state index contributed by atoms with van der Waals surface area (Å²) in [5, 5.41) is 15.2. The minimum absolute atomic E-state index is 0.916. The molecule has 0 unspecified atom stereocenters. The Hall–Kier alpha value is -6.48. The summed E-state index contributed by atoms with van der Waals surface area (Å²) >= 11 is 1.87. The maximum absolute atomic E-state index is 6.72. The van der Waals surface area contributed by atoms with Crippen LogP contribution in [0.2, 0.25) is 0 Å². The third-order valence-corrected chi connectivity index (χ3v) is 12.9. The SMILES string of the molecule is C1=CCCC(c2c3ccccc3c(-c3ccc(-c4ccc5c(c4)oc4ccc6ccc7sc8ccccc8c7c6c45)c4ccccc34)c3ccccc23)=C1. The van der Waals surface area contributed by atoms with E-state index < -0.39 is 0 Å². The van der Waals surface area contributed by atoms with Crippen LogP contribution in [0.15, 0.2) is 174 Å². The molecule has 0 saturated carbocycles. The van der Waals surface area contributed by atoms with Crippen molar-refractivity contribution >= 4 is 102 Å². The van der Waals surface area contributed by atoms with Crippen molar-refractivity contribution in [3.63, 3.8) is 0 Å². The van der Waals surface area contributed by atoms with E-state index in [1.165, 1.54) is 96.5 Å². The highest BCUT2D eigenvalue weighted by molar-refractivity contribution is 7.26. The fourth-order valence-corrected chi connectivity index (χ4v) is 10.5. The second-order valence-corrected chi connectivity index (χ2v) is 15.7. The molecular weight excluding hydrogens is 673 g/mol. The lowest BCUT2D eigenvalue weighted by Crippen LogP contribution is -1.96. The number of hydrogen-bond donors (Lipinski definition) is 0. The Morgan fingerprint density at radius 1 is 0.444 bits per heavy atom. The van der Waals surface area contributed by atoms with Crippen LogP contribution in [0.3, 0.4) is 0 Å². The second-order valence-electron chi connectivity index (χ2n) is 14.6. The summed E-state index contributed by atoms with van der Waals surface area (Å²) in [6.45, 7) is 0. The van der Waals surface area contributed by atoms with Gasteiger partial charge in [0.15, 0.2) is 0 Å². The molecule has 9 aromatic carbocycles. The lowest BCUT2D eigenvalue weighted by molar-refractivity contribution is 0.669. The van der Waals surface area contributed by atoms with Crippen molar-refractivity contribution in [3.05, 3.63) is 175 Å². The molecule has 252 valence electrons. The van der Waals surface area contributed by atoms with Crippen LogP contribution < -0.4 is 0 Å². The Kier molecular flexibility index (Phi) is 6.40. The molecule has 11 aromatic rings. The Balaban J connectivity index is 1.08. The molecule has 0 bridgehead atoms. The molecule has 0 spiro atoms. The van der Waals surface area contributed by atoms with Crippen LogP contribution in [0, 0.1) is 0 Å². The first-order valence-electron chi connectivity index (χ1n) is 18.8. The van der Waals surface area contributed by atoms with E-state index in [2.05, 4.69) is 170 Å². The van der Waals surface area contributed by atoms with E-state index in [0.29, 0.717) is 0 Å². The number of benzene rings is 9. The summed E-state index contributed by atoms with van der Waals surface area (Å²) in [6.07, 6.45) is 8.94. The first-order chi connectivity index (χ1) is 26.8. The second kappa shape index (κ2) is 11.5. The third kappa shape index (κ3) is 4.26. The highest BCUT2D eigenvalue weighted by atomic mass is 32.1. The number of fused-ring (bicyclic) bond motifs is 12. The zero-order chi connectivity index (χ0) is 35.3. The Morgan fingerprint density at radius 3 is 1.83 bits per heavy atom. The van der Waals surface area contributed by atoms with Gasteiger partial charge in [-0.25, -0.2) is 0 Å². The Bertz CT molecular complexity index is 3390. The quantitative estimate of drug-likeness (QED) is 0.167. The lowest BCUT2D eigenvalue weighted by Gasteiger charge is -2.21. The van der Waals surface area contributed by atoms with Gasteiger partial charge in [0, 0.05) is 36.3 Å². The third-order valence-electron chi connectivity index (χ3n) is 11.7.